The molecule has 118 valence electrons. The summed E-state index contributed by atoms with van der Waals surface area (Å²) in [6.45, 7) is 11.3. The summed E-state index contributed by atoms with van der Waals surface area (Å²) in [6.07, 6.45) is 4.44. The zero-order valence-corrected chi connectivity index (χ0v) is 13.9. The topological polar surface area (TPSA) is 50.3 Å². The fraction of sp³-hybridized carbons (Fsp3) is 0.750. The van der Waals surface area contributed by atoms with Crippen molar-refractivity contribution in [2.24, 2.45) is 0 Å². The monoisotopic (exact) mass is 292 g/mol. The van der Waals surface area contributed by atoms with Crippen molar-refractivity contribution in [3.05, 3.63) is 17.5 Å². The number of aryl methyl sites for hydroxylation is 1. The molecule has 0 saturated carbocycles. The fourth-order valence-electron chi connectivity index (χ4n) is 2.46. The van der Waals surface area contributed by atoms with Crippen LogP contribution in [0.15, 0.2) is 6.20 Å². The van der Waals surface area contributed by atoms with Crippen LogP contribution in [-0.2, 0) is 11.3 Å². The van der Waals surface area contributed by atoms with Crippen molar-refractivity contribution in [2.45, 2.75) is 58.7 Å². The number of hydrogen-bond acceptors (Lipinski definition) is 5. The Morgan fingerprint density at radius 3 is 2.52 bits per heavy atom. The number of piperidine rings is 1. The quantitative estimate of drug-likeness (QED) is 0.922. The predicted octanol–water partition coefficient (Wildman–Crippen LogP) is 2.29. The highest BCUT2D eigenvalue weighted by Gasteiger charge is 2.21. The molecule has 2 heterocycles. The van der Waals surface area contributed by atoms with Gasteiger partial charge in [-0.05, 0) is 40.5 Å². The molecule has 1 fully saturated rings. The Labute approximate surface area is 128 Å². The van der Waals surface area contributed by atoms with Gasteiger partial charge >= 0.3 is 0 Å². The van der Waals surface area contributed by atoms with E-state index in [0.29, 0.717) is 6.10 Å². The summed E-state index contributed by atoms with van der Waals surface area (Å²) < 4.78 is 5.41. The van der Waals surface area contributed by atoms with Crippen molar-refractivity contribution in [3.8, 4) is 0 Å². The molecular weight excluding hydrogens is 264 g/mol. The van der Waals surface area contributed by atoms with Crippen LogP contribution in [0.5, 0.6) is 0 Å². The van der Waals surface area contributed by atoms with Crippen LogP contribution >= 0.6 is 0 Å². The van der Waals surface area contributed by atoms with E-state index in [1.54, 1.807) is 7.11 Å². The zero-order chi connectivity index (χ0) is 15.5. The first-order valence-electron chi connectivity index (χ1n) is 7.74. The molecule has 0 spiro atoms. The fourth-order valence-corrected chi connectivity index (χ4v) is 2.46. The molecule has 2 rings (SSSR count). The minimum absolute atomic E-state index is 0.104. The second-order valence-electron chi connectivity index (χ2n) is 6.81. The Kier molecular flexibility index (Phi) is 5.17. The van der Waals surface area contributed by atoms with Crippen LogP contribution in [0, 0.1) is 6.92 Å². The molecule has 0 bridgehead atoms. The molecule has 0 aromatic carbocycles. The van der Waals surface area contributed by atoms with Gasteiger partial charge in [0, 0.05) is 49.7 Å². The summed E-state index contributed by atoms with van der Waals surface area (Å²) in [6, 6.07) is 0. The van der Waals surface area contributed by atoms with E-state index in [-0.39, 0.29) is 5.54 Å². The van der Waals surface area contributed by atoms with E-state index in [9.17, 15) is 0 Å². The van der Waals surface area contributed by atoms with Gasteiger partial charge in [0.2, 0.25) is 5.95 Å². The van der Waals surface area contributed by atoms with Crippen LogP contribution in [0.3, 0.4) is 0 Å². The van der Waals surface area contributed by atoms with Crippen LogP contribution in [0.2, 0.25) is 0 Å². The predicted molar refractivity (Wildman–Crippen MR) is 85.6 cm³/mol. The summed E-state index contributed by atoms with van der Waals surface area (Å²) in [5.74, 6) is 0.849. The first-order valence-corrected chi connectivity index (χ1v) is 7.74. The highest BCUT2D eigenvalue weighted by Crippen LogP contribution is 2.19. The van der Waals surface area contributed by atoms with Crippen LogP contribution in [0.1, 0.15) is 44.9 Å². The first-order chi connectivity index (χ1) is 9.89. The smallest absolute Gasteiger partial charge is 0.225 e. The van der Waals surface area contributed by atoms with E-state index in [1.165, 1.54) is 5.56 Å². The molecule has 1 aromatic heterocycles. The molecule has 1 aliphatic rings. The van der Waals surface area contributed by atoms with E-state index in [2.05, 4.69) is 47.9 Å². The normalized spacial score (nSPS) is 17.3. The van der Waals surface area contributed by atoms with Gasteiger partial charge in [0.05, 0.1) is 6.10 Å². The lowest BCUT2D eigenvalue weighted by Crippen LogP contribution is -2.38. The van der Waals surface area contributed by atoms with Crippen molar-refractivity contribution >= 4 is 5.95 Å². The van der Waals surface area contributed by atoms with Crippen molar-refractivity contribution < 1.29 is 4.74 Å². The Hall–Kier alpha value is -1.20. The largest absolute Gasteiger partial charge is 0.381 e. The van der Waals surface area contributed by atoms with Gasteiger partial charge in [-0.1, -0.05) is 0 Å². The molecule has 1 aromatic rings. The highest BCUT2D eigenvalue weighted by atomic mass is 16.5. The maximum atomic E-state index is 5.41. The molecule has 0 unspecified atom stereocenters. The molecule has 1 saturated heterocycles. The minimum Gasteiger partial charge on any atom is -0.381 e. The van der Waals surface area contributed by atoms with Gasteiger partial charge in [0.15, 0.2) is 0 Å². The van der Waals surface area contributed by atoms with Crippen molar-refractivity contribution in [3.63, 3.8) is 0 Å². The van der Waals surface area contributed by atoms with Gasteiger partial charge in [0.25, 0.3) is 0 Å². The standard InChI is InChI=1S/C16H28N4O/c1-12-13(11-18-16(2,3)4)10-17-15(19-12)20-8-6-14(21-5)7-9-20/h10,14,18H,6-9,11H2,1-5H3. The lowest BCUT2D eigenvalue weighted by Gasteiger charge is -2.31. The number of ether oxygens (including phenoxy) is 1. The number of hydrogen-bond donors (Lipinski definition) is 1. The summed E-state index contributed by atoms with van der Waals surface area (Å²) in [4.78, 5) is 11.5. The Morgan fingerprint density at radius 1 is 1.33 bits per heavy atom. The minimum atomic E-state index is 0.104. The lowest BCUT2D eigenvalue weighted by molar-refractivity contribution is 0.0816. The first kappa shape index (κ1) is 16.2. The van der Waals surface area contributed by atoms with E-state index in [1.807, 2.05) is 6.20 Å². The third-order valence-corrected chi connectivity index (χ3v) is 3.94. The SMILES string of the molecule is COC1CCN(c2ncc(CNC(C)(C)C)c(C)n2)CC1. The second-order valence-corrected chi connectivity index (χ2v) is 6.81. The van der Waals surface area contributed by atoms with Gasteiger partial charge in [-0.2, -0.15) is 0 Å². The summed E-state index contributed by atoms with van der Waals surface area (Å²) in [5.41, 5.74) is 2.33. The van der Waals surface area contributed by atoms with Gasteiger partial charge in [-0.3, -0.25) is 0 Å². The average Bonchev–Trinajstić information content (AvgIpc) is 2.45. The zero-order valence-electron chi connectivity index (χ0n) is 13.9. The van der Waals surface area contributed by atoms with Gasteiger partial charge in [-0.25, -0.2) is 9.97 Å². The van der Waals surface area contributed by atoms with E-state index in [0.717, 1.165) is 44.1 Å². The maximum absolute atomic E-state index is 5.41. The van der Waals surface area contributed by atoms with Gasteiger partial charge < -0.3 is 15.0 Å². The molecule has 0 atom stereocenters. The highest BCUT2D eigenvalue weighted by molar-refractivity contribution is 5.33. The molecule has 5 nitrogen and oxygen atoms in total. The molecule has 0 radical (unpaired) electrons. The molecule has 21 heavy (non-hydrogen) atoms. The molecule has 1 aliphatic heterocycles. The average molecular weight is 292 g/mol. The van der Waals surface area contributed by atoms with Crippen molar-refractivity contribution in [2.75, 3.05) is 25.1 Å². The van der Waals surface area contributed by atoms with Crippen molar-refractivity contribution in [1.29, 1.82) is 0 Å². The van der Waals surface area contributed by atoms with Crippen LogP contribution < -0.4 is 10.2 Å². The van der Waals surface area contributed by atoms with Crippen LogP contribution in [0.25, 0.3) is 0 Å². The number of anilines is 1. The third kappa shape index (κ3) is 4.64. The molecule has 5 heteroatoms. The number of nitrogens with zero attached hydrogens (tertiary/aromatic N) is 3. The molecule has 0 aliphatic carbocycles. The Morgan fingerprint density at radius 2 is 2.00 bits per heavy atom. The Bertz CT molecular complexity index is 462. The third-order valence-electron chi connectivity index (χ3n) is 3.94. The number of methoxy groups -OCH3 is 1. The lowest BCUT2D eigenvalue weighted by atomic mass is 10.1. The van der Waals surface area contributed by atoms with E-state index in [4.69, 9.17) is 4.74 Å². The number of rotatable bonds is 4. The van der Waals surface area contributed by atoms with Crippen LogP contribution in [-0.4, -0.2) is 41.8 Å². The summed E-state index contributed by atoms with van der Waals surface area (Å²) >= 11 is 0. The van der Waals surface area contributed by atoms with E-state index >= 15 is 0 Å². The molecular formula is C16H28N4O. The molecule has 1 N–H and O–H groups in total. The summed E-state index contributed by atoms with van der Waals surface area (Å²) in [7, 11) is 1.79. The van der Waals surface area contributed by atoms with Crippen molar-refractivity contribution in [1.82, 2.24) is 15.3 Å². The van der Waals surface area contributed by atoms with Gasteiger partial charge in [0.1, 0.15) is 0 Å². The Balaban J connectivity index is 1.99. The second kappa shape index (κ2) is 6.71. The number of nitrogens with one attached hydrogen (secondary N) is 1. The van der Waals surface area contributed by atoms with E-state index < -0.39 is 0 Å². The van der Waals surface area contributed by atoms with Gasteiger partial charge in [-0.15, -0.1) is 0 Å². The van der Waals surface area contributed by atoms with Crippen LogP contribution in [0.4, 0.5) is 5.95 Å². The summed E-state index contributed by atoms with van der Waals surface area (Å²) in [5, 5.41) is 3.48. The molecule has 0 amide bonds. The maximum Gasteiger partial charge on any atom is 0.225 e. The number of aromatic nitrogens is 2.